The number of aryl methyl sites for hydroxylation is 1. The van der Waals surface area contributed by atoms with Crippen molar-refractivity contribution in [3.8, 4) is 5.75 Å². The SMILES string of the molecule is COc1cccc([C@H](C)NC(C)c2cccc(C)c2)c1. The van der Waals surface area contributed by atoms with E-state index in [1.54, 1.807) is 7.11 Å². The molecule has 0 aromatic heterocycles. The van der Waals surface area contributed by atoms with Gasteiger partial charge in [0.25, 0.3) is 0 Å². The molecule has 2 aromatic rings. The average Bonchev–Trinajstić information content (AvgIpc) is 2.47. The van der Waals surface area contributed by atoms with Gasteiger partial charge in [-0.05, 0) is 44.0 Å². The number of hydrogen-bond donors (Lipinski definition) is 1. The van der Waals surface area contributed by atoms with Crippen LogP contribution in [0.25, 0.3) is 0 Å². The summed E-state index contributed by atoms with van der Waals surface area (Å²) < 4.78 is 5.28. The van der Waals surface area contributed by atoms with Crippen LogP contribution in [-0.4, -0.2) is 7.11 Å². The van der Waals surface area contributed by atoms with E-state index in [2.05, 4.69) is 62.5 Å². The van der Waals surface area contributed by atoms with Crippen LogP contribution in [0.1, 0.15) is 42.6 Å². The fourth-order valence-corrected chi connectivity index (χ4v) is 2.42. The van der Waals surface area contributed by atoms with Gasteiger partial charge < -0.3 is 10.1 Å². The average molecular weight is 269 g/mol. The molecule has 2 aromatic carbocycles. The fraction of sp³-hybridized carbons (Fsp3) is 0.333. The molecule has 0 saturated carbocycles. The van der Waals surface area contributed by atoms with E-state index in [0.717, 1.165) is 5.75 Å². The Balaban J connectivity index is 2.08. The van der Waals surface area contributed by atoms with Crippen LogP contribution in [0.5, 0.6) is 5.75 Å². The molecule has 0 bridgehead atoms. The third-order valence-corrected chi connectivity index (χ3v) is 3.64. The highest BCUT2D eigenvalue weighted by Crippen LogP contribution is 2.22. The zero-order chi connectivity index (χ0) is 14.5. The van der Waals surface area contributed by atoms with Gasteiger partial charge in [-0.25, -0.2) is 0 Å². The van der Waals surface area contributed by atoms with Crippen molar-refractivity contribution >= 4 is 0 Å². The Labute approximate surface area is 121 Å². The highest BCUT2D eigenvalue weighted by Gasteiger charge is 2.11. The van der Waals surface area contributed by atoms with E-state index >= 15 is 0 Å². The summed E-state index contributed by atoms with van der Waals surface area (Å²) in [4.78, 5) is 0. The molecular weight excluding hydrogens is 246 g/mol. The summed E-state index contributed by atoms with van der Waals surface area (Å²) in [5.74, 6) is 0.902. The van der Waals surface area contributed by atoms with Crippen LogP contribution in [-0.2, 0) is 0 Å². The van der Waals surface area contributed by atoms with Gasteiger partial charge in [0.15, 0.2) is 0 Å². The molecule has 0 fully saturated rings. The van der Waals surface area contributed by atoms with Crippen molar-refractivity contribution in [3.63, 3.8) is 0 Å². The lowest BCUT2D eigenvalue weighted by Gasteiger charge is -2.21. The maximum atomic E-state index is 5.28. The van der Waals surface area contributed by atoms with E-state index in [9.17, 15) is 0 Å². The minimum Gasteiger partial charge on any atom is -0.497 e. The van der Waals surface area contributed by atoms with E-state index < -0.39 is 0 Å². The Bertz CT molecular complexity index is 565. The van der Waals surface area contributed by atoms with Crippen molar-refractivity contribution in [3.05, 3.63) is 65.2 Å². The highest BCUT2D eigenvalue weighted by molar-refractivity contribution is 5.31. The number of methoxy groups -OCH3 is 1. The van der Waals surface area contributed by atoms with Crippen LogP contribution in [0.2, 0.25) is 0 Å². The van der Waals surface area contributed by atoms with E-state index in [4.69, 9.17) is 4.74 Å². The molecular formula is C18H23NO. The van der Waals surface area contributed by atoms with E-state index in [-0.39, 0.29) is 6.04 Å². The normalized spacial score (nSPS) is 13.8. The van der Waals surface area contributed by atoms with Crippen molar-refractivity contribution in [1.29, 1.82) is 0 Å². The van der Waals surface area contributed by atoms with Crippen molar-refractivity contribution in [2.75, 3.05) is 7.11 Å². The molecule has 2 atom stereocenters. The summed E-state index contributed by atoms with van der Waals surface area (Å²) in [6.07, 6.45) is 0. The van der Waals surface area contributed by atoms with Gasteiger partial charge in [0.2, 0.25) is 0 Å². The lowest BCUT2D eigenvalue weighted by Crippen LogP contribution is -2.22. The number of nitrogens with one attached hydrogen (secondary N) is 1. The lowest BCUT2D eigenvalue weighted by atomic mass is 10.0. The van der Waals surface area contributed by atoms with Crippen molar-refractivity contribution < 1.29 is 4.74 Å². The van der Waals surface area contributed by atoms with Gasteiger partial charge in [-0.3, -0.25) is 0 Å². The molecule has 0 aliphatic carbocycles. The number of benzene rings is 2. The number of rotatable bonds is 5. The first-order valence-corrected chi connectivity index (χ1v) is 7.06. The van der Waals surface area contributed by atoms with Crippen LogP contribution in [0.15, 0.2) is 48.5 Å². The van der Waals surface area contributed by atoms with Gasteiger partial charge in [0.05, 0.1) is 7.11 Å². The summed E-state index contributed by atoms with van der Waals surface area (Å²) in [7, 11) is 1.70. The van der Waals surface area contributed by atoms with Gasteiger partial charge in [0.1, 0.15) is 5.75 Å². The molecule has 2 heteroatoms. The van der Waals surface area contributed by atoms with E-state index in [0.29, 0.717) is 6.04 Å². The largest absolute Gasteiger partial charge is 0.497 e. The molecule has 0 spiro atoms. The van der Waals surface area contributed by atoms with Crippen molar-refractivity contribution in [2.24, 2.45) is 0 Å². The third-order valence-electron chi connectivity index (χ3n) is 3.64. The monoisotopic (exact) mass is 269 g/mol. The zero-order valence-electron chi connectivity index (χ0n) is 12.7. The molecule has 106 valence electrons. The maximum absolute atomic E-state index is 5.28. The Morgan fingerprint density at radius 3 is 2.10 bits per heavy atom. The van der Waals surface area contributed by atoms with Crippen LogP contribution < -0.4 is 10.1 Å². The molecule has 0 heterocycles. The molecule has 0 aliphatic rings. The van der Waals surface area contributed by atoms with E-state index in [1.165, 1.54) is 16.7 Å². The van der Waals surface area contributed by atoms with Gasteiger partial charge in [-0.2, -0.15) is 0 Å². The van der Waals surface area contributed by atoms with Crippen LogP contribution in [0.3, 0.4) is 0 Å². The first-order valence-electron chi connectivity index (χ1n) is 7.06. The van der Waals surface area contributed by atoms with Gasteiger partial charge in [-0.15, -0.1) is 0 Å². The summed E-state index contributed by atoms with van der Waals surface area (Å²) in [6, 6.07) is 17.4. The Morgan fingerprint density at radius 1 is 0.900 bits per heavy atom. The highest BCUT2D eigenvalue weighted by atomic mass is 16.5. The molecule has 1 N–H and O–H groups in total. The number of ether oxygens (including phenoxy) is 1. The molecule has 0 amide bonds. The van der Waals surface area contributed by atoms with Gasteiger partial charge >= 0.3 is 0 Å². The zero-order valence-corrected chi connectivity index (χ0v) is 12.7. The van der Waals surface area contributed by atoms with Crippen LogP contribution >= 0.6 is 0 Å². The van der Waals surface area contributed by atoms with Crippen molar-refractivity contribution in [1.82, 2.24) is 5.32 Å². The quantitative estimate of drug-likeness (QED) is 0.867. The summed E-state index contributed by atoms with van der Waals surface area (Å²) in [5, 5.41) is 3.64. The first-order chi connectivity index (χ1) is 9.60. The lowest BCUT2D eigenvalue weighted by molar-refractivity contribution is 0.412. The molecule has 0 aliphatic heterocycles. The van der Waals surface area contributed by atoms with E-state index in [1.807, 2.05) is 12.1 Å². The Morgan fingerprint density at radius 2 is 1.50 bits per heavy atom. The van der Waals surface area contributed by atoms with Gasteiger partial charge in [0, 0.05) is 12.1 Å². The summed E-state index contributed by atoms with van der Waals surface area (Å²) in [6.45, 7) is 6.51. The first kappa shape index (κ1) is 14.6. The minimum atomic E-state index is 0.278. The molecule has 0 radical (unpaired) electrons. The Kier molecular flexibility index (Phi) is 4.80. The molecule has 1 unspecified atom stereocenters. The molecule has 2 nitrogen and oxygen atoms in total. The summed E-state index contributed by atoms with van der Waals surface area (Å²) >= 11 is 0. The standard InChI is InChI=1S/C18H23NO/c1-13-7-5-8-16(11-13)14(2)19-15(3)17-9-6-10-18(12-17)20-4/h5-12,14-15,19H,1-4H3/t14?,15-/m0/s1. The topological polar surface area (TPSA) is 21.3 Å². The van der Waals surface area contributed by atoms with Gasteiger partial charge in [-0.1, -0.05) is 42.0 Å². The predicted octanol–water partition coefficient (Wildman–Crippen LogP) is 4.42. The maximum Gasteiger partial charge on any atom is 0.119 e. The molecule has 0 saturated heterocycles. The second kappa shape index (κ2) is 6.58. The van der Waals surface area contributed by atoms with Crippen LogP contribution in [0.4, 0.5) is 0 Å². The molecule has 2 rings (SSSR count). The fourth-order valence-electron chi connectivity index (χ4n) is 2.42. The Hall–Kier alpha value is -1.80. The second-order valence-electron chi connectivity index (χ2n) is 5.30. The summed E-state index contributed by atoms with van der Waals surface area (Å²) in [5.41, 5.74) is 3.86. The predicted molar refractivity (Wildman–Crippen MR) is 84.1 cm³/mol. The van der Waals surface area contributed by atoms with Crippen molar-refractivity contribution in [2.45, 2.75) is 32.9 Å². The smallest absolute Gasteiger partial charge is 0.119 e. The second-order valence-corrected chi connectivity index (χ2v) is 5.30. The molecule has 20 heavy (non-hydrogen) atoms. The minimum absolute atomic E-state index is 0.278. The number of hydrogen-bond acceptors (Lipinski definition) is 2. The van der Waals surface area contributed by atoms with Crippen LogP contribution in [0, 0.1) is 6.92 Å². The third kappa shape index (κ3) is 3.61.